The summed E-state index contributed by atoms with van der Waals surface area (Å²) in [6.45, 7) is 2.06. The molecule has 5 nitrogen and oxygen atoms in total. The summed E-state index contributed by atoms with van der Waals surface area (Å²) >= 11 is 0. The Labute approximate surface area is 103 Å². The fourth-order valence-electron chi connectivity index (χ4n) is 1.87. The van der Waals surface area contributed by atoms with Crippen LogP contribution in [0.2, 0.25) is 0 Å². The number of carbonyl (C=O) groups excluding carboxylic acids is 2. The van der Waals surface area contributed by atoms with Gasteiger partial charge in [-0.25, -0.2) is 4.79 Å². The Morgan fingerprint density at radius 3 is 2.56 bits per heavy atom. The third-order valence-corrected chi connectivity index (χ3v) is 2.73. The average molecular weight is 245 g/mol. The first kappa shape index (κ1) is 12.0. The molecule has 0 aromatic heterocycles. The molecule has 2 amide bonds. The summed E-state index contributed by atoms with van der Waals surface area (Å²) in [5.74, 6) is -1.69. The van der Waals surface area contributed by atoms with Gasteiger partial charge in [0.25, 0.3) is 11.8 Å². The third kappa shape index (κ3) is 1.90. The van der Waals surface area contributed by atoms with Crippen molar-refractivity contribution in [2.75, 3.05) is 6.54 Å². The molecule has 0 saturated heterocycles. The number of rotatable bonds is 3. The summed E-state index contributed by atoms with van der Waals surface area (Å²) in [4.78, 5) is 35.3. The molecular formula is C13H11NO4. The molecule has 5 heteroatoms. The SMILES string of the molecule is CCN1C(=O)c2ccc(C=CC(=O)O)cc2C1=O. The zero-order valence-corrected chi connectivity index (χ0v) is 9.71. The van der Waals surface area contributed by atoms with E-state index in [4.69, 9.17) is 5.11 Å². The normalized spacial score (nSPS) is 14.4. The lowest BCUT2D eigenvalue weighted by Crippen LogP contribution is -2.29. The summed E-state index contributed by atoms with van der Waals surface area (Å²) in [6, 6.07) is 4.69. The number of hydrogen-bond acceptors (Lipinski definition) is 3. The van der Waals surface area contributed by atoms with E-state index in [0.717, 1.165) is 11.0 Å². The van der Waals surface area contributed by atoms with E-state index in [1.54, 1.807) is 19.1 Å². The fraction of sp³-hybridized carbons (Fsp3) is 0.154. The van der Waals surface area contributed by atoms with E-state index in [-0.39, 0.29) is 11.8 Å². The van der Waals surface area contributed by atoms with Crippen LogP contribution in [0.25, 0.3) is 6.08 Å². The minimum atomic E-state index is -1.06. The van der Waals surface area contributed by atoms with E-state index < -0.39 is 5.97 Å². The fourth-order valence-corrected chi connectivity index (χ4v) is 1.87. The molecule has 0 spiro atoms. The highest BCUT2D eigenvalue weighted by Crippen LogP contribution is 2.24. The summed E-state index contributed by atoms with van der Waals surface area (Å²) in [5.41, 5.74) is 1.28. The van der Waals surface area contributed by atoms with E-state index in [0.29, 0.717) is 23.2 Å². The van der Waals surface area contributed by atoms with Crippen molar-refractivity contribution in [3.05, 3.63) is 41.0 Å². The van der Waals surface area contributed by atoms with Crippen LogP contribution in [0.4, 0.5) is 0 Å². The van der Waals surface area contributed by atoms with Crippen LogP contribution in [0.5, 0.6) is 0 Å². The van der Waals surface area contributed by atoms with Crippen LogP contribution in [-0.4, -0.2) is 34.3 Å². The van der Waals surface area contributed by atoms with Gasteiger partial charge in [-0.1, -0.05) is 6.07 Å². The zero-order chi connectivity index (χ0) is 13.3. The molecule has 0 fully saturated rings. The van der Waals surface area contributed by atoms with Crippen molar-refractivity contribution in [3.8, 4) is 0 Å². The van der Waals surface area contributed by atoms with Crippen molar-refractivity contribution in [2.45, 2.75) is 6.92 Å². The number of carboxylic acid groups (broad SMARTS) is 1. The second-order valence-electron chi connectivity index (χ2n) is 3.83. The molecule has 1 aromatic carbocycles. The number of carbonyl (C=O) groups is 3. The van der Waals surface area contributed by atoms with Gasteiger partial charge in [-0.2, -0.15) is 0 Å². The quantitative estimate of drug-likeness (QED) is 0.645. The van der Waals surface area contributed by atoms with E-state index in [9.17, 15) is 14.4 Å². The van der Waals surface area contributed by atoms with Gasteiger partial charge in [-0.15, -0.1) is 0 Å². The van der Waals surface area contributed by atoms with E-state index in [1.165, 1.54) is 12.1 Å². The van der Waals surface area contributed by atoms with Gasteiger partial charge >= 0.3 is 5.97 Å². The van der Waals surface area contributed by atoms with Crippen LogP contribution < -0.4 is 0 Å². The Kier molecular flexibility index (Phi) is 2.97. The first-order valence-electron chi connectivity index (χ1n) is 5.46. The molecule has 0 aliphatic carbocycles. The van der Waals surface area contributed by atoms with Gasteiger partial charge in [0, 0.05) is 12.6 Å². The highest BCUT2D eigenvalue weighted by Gasteiger charge is 2.34. The van der Waals surface area contributed by atoms with Gasteiger partial charge < -0.3 is 5.11 Å². The molecule has 0 atom stereocenters. The molecule has 2 rings (SSSR count). The lowest BCUT2D eigenvalue weighted by molar-refractivity contribution is -0.131. The Morgan fingerprint density at radius 1 is 1.28 bits per heavy atom. The number of imide groups is 1. The highest BCUT2D eigenvalue weighted by molar-refractivity contribution is 6.21. The first-order chi connectivity index (χ1) is 8.54. The molecule has 0 saturated carbocycles. The van der Waals surface area contributed by atoms with Gasteiger partial charge in [-0.05, 0) is 30.7 Å². The molecule has 1 aliphatic heterocycles. The summed E-state index contributed by atoms with van der Waals surface area (Å²) in [5, 5.41) is 8.53. The van der Waals surface area contributed by atoms with Gasteiger partial charge in [0.05, 0.1) is 11.1 Å². The lowest BCUT2D eigenvalue weighted by Gasteiger charge is -2.08. The average Bonchev–Trinajstić information content (AvgIpc) is 2.59. The molecule has 1 heterocycles. The van der Waals surface area contributed by atoms with Crippen molar-refractivity contribution < 1.29 is 19.5 Å². The maximum atomic E-state index is 11.9. The Morgan fingerprint density at radius 2 is 1.94 bits per heavy atom. The number of hydrogen-bond donors (Lipinski definition) is 1. The highest BCUT2D eigenvalue weighted by atomic mass is 16.4. The maximum Gasteiger partial charge on any atom is 0.328 e. The number of carboxylic acids is 1. The van der Waals surface area contributed by atoms with E-state index >= 15 is 0 Å². The summed E-state index contributed by atoms with van der Waals surface area (Å²) in [6.07, 6.45) is 2.37. The predicted octanol–water partition coefficient (Wildman–Crippen LogP) is 1.40. The molecule has 0 unspecified atom stereocenters. The van der Waals surface area contributed by atoms with E-state index in [1.807, 2.05) is 0 Å². The maximum absolute atomic E-state index is 11.9. The van der Waals surface area contributed by atoms with Gasteiger partial charge in [0.15, 0.2) is 0 Å². The van der Waals surface area contributed by atoms with Crippen LogP contribution in [-0.2, 0) is 4.79 Å². The zero-order valence-electron chi connectivity index (χ0n) is 9.71. The predicted molar refractivity (Wildman–Crippen MR) is 64.2 cm³/mol. The van der Waals surface area contributed by atoms with Crippen LogP contribution in [0, 0.1) is 0 Å². The second-order valence-corrected chi connectivity index (χ2v) is 3.83. The summed E-state index contributed by atoms with van der Waals surface area (Å²) < 4.78 is 0. The largest absolute Gasteiger partial charge is 0.478 e. The Balaban J connectivity index is 2.41. The van der Waals surface area contributed by atoms with Crippen molar-refractivity contribution in [3.63, 3.8) is 0 Å². The molecule has 92 valence electrons. The van der Waals surface area contributed by atoms with Gasteiger partial charge in [0.1, 0.15) is 0 Å². The lowest BCUT2D eigenvalue weighted by atomic mass is 10.1. The molecule has 18 heavy (non-hydrogen) atoms. The van der Waals surface area contributed by atoms with Gasteiger partial charge in [-0.3, -0.25) is 14.5 Å². The van der Waals surface area contributed by atoms with Crippen molar-refractivity contribution in [1.29, 1.82) is 0 Å². The summed E-state index contributed by atoms with van der Waals surface area (Å²) in [7, 11) is 0. The van der Waals surface area contributed by atoms with Crippen LogP contribution >= 0.6 is 0 Å². The number of benzene rings is 1. The molecule has 1 aromatic rings. The van der Waals surface area contributed by atoms with Crippen molar-refractivity contribution >= 4 is 23.9 Å². The van der Waals surface area contributed by atoms with Crippen LogP contribution in [0.1, 0.15) is 33.2 Å². The number of fused-ring (bicyclic) bond motifs is 1. The first-order valence-corrected chi connectivity index (χ1v) is 5.46. The molecular weight excluding hydrogens is 234 g/mol. The Hall–Kier alpha value is -2.43. The van der Waals surface area contributed by atoms with E-state index in [2.05, 4.69) is 0 Å². The monoisotopic (exact) mass is 245 g/mol. The molecule has 1 N–H and O–H groups in total. The minimum absolute atomic E-state index is 0.300. The molecule has 0 radical (unpaired) electrons. The number of aliphatic carboxylic acids is 1. The van der Waals surface area contributed by atoms with Gasteiger partial charge in [0.2, 0.25) is 0 Å². The number of nitrogens with zero attached hydrogens (tertiary/aromatic N) is 1. The second kappa shape index (κ2) is 4.44. The minimum Gasteiger partial charge on any atom is -0.478 e. The standard InChI is InChI=1S/C13H11NO4/c1-2-14-12(17)9-5-3-8(4-6-11(15)16)7-10(9)13(14)18/h3-7H,2H2,1H3,(H,15,16). The molecule has 1 aliphatic rings. The third-order valence-electron chi connectivity index (χ3n) is 2.73. The topological polar surface area (TPSA) is 74.7 Å². The smallest absolute Gasteiger partial charge is 0.328 e. The van der Waals surface area contributed by atoms with Crippen molar-refractivity contribution in [1.82, 2.24) is 4.90 Å². The van der Waals surface area contributed by atoms with Crippen molar-refractivity contribution in [2.24, 2.45) is 0 Å². The van der Waals surface area contributed by atoms with Crippen LogP contribution in [0.15, 0.2) is 24.3 Å². The number of amides is 2. The van der Waals surface area contributed by atoms with Crippen LogP contribution in [0.3, 0.4) is 0 Å². The molecule has 0 bridgehead atoms. The Bertz CT molecular complexity index is 574.